The Morgan fingerprint density at radius 3 is 2.45 bits per heavy atom. The average molecular weight is 290 g/mol. The summed E-state index contributed by atoms with van der Waals surface area (Å²) in [5.74, 6) is 0. The number of halogens is 1. The van der Waals surface area contributed by atoms with Gasteiger partial charge in [0.25, 0.3) is 10.8 Å². The third kappa shape index (κ3) is 2.54. The van der Waals surface area contributed by atoms with E-state index in [-0.39, 0.29) is 11.1 Å². The molecule has 0 bridgehead atoms. The average Bonchev–Trinajstić information content (AvgIpc) is 2.38. The second-order valence-corrected chi connectivity index (χ2v) is 5.12. The number of nitrogens with zero attached hydrogens (tertiary/aromatic N) is 1. The summed E-state index contributed by atoms with van der Waals surface area (Å²) < 4.78 is 1.58. The van der Waals surface area contributed by atoms with Crippen LogP contribution in [0.5, 0.6) is 0 Å². The third-order valence-electron chi connectivity index (χ3n) is 3.36. The number of carbonyl (C=O) groups excluding carboxylic acids is 1. The third-order valence-corrected chi connectivity index (χ3v) is 3.56. The molecule has 0 unspecified atom stereocenters. The van der Waals surface area contributed by atoms with Crippen molar-refractivity contribution in [2.24, 2.45) is 0 Å². The quantitative estimate of drug-likeness (QED) is 0.811. The SMILES string of the molecule is CCn1c(-c2ccc(C)cc2C)ccc(C(=O)Cl)c1=O. The molecule has 0 aliphatic rings. The van der Waals surface area contributed by atoms with E-state index in [4.69, 9.17) is 11.6 Å². The summed E-state index contributed by atoms with van der Waals surface area (Å²) >= 11 is 5.44. The Morgan fingerprint density at radius 2 is 1.90 bits per heavy atom. The van der Waals surface area contributed by atoms with Crippen LogP contribution in [-0.4, -0.2) is 9.81 Å². The molecule has 1 aromatic carbocycles. The Bertz CT molecular complexity index is 732. The molecule has 3 nitrogen and oxygen atoms in total. The minimum atomic E-state index is -0.718. The van der Waals surface area contributed by atoms with E-state index in [0.29, 0.717) is 6.54 Å². The lowest BCUT2D eigenvalue weighted by Crippen LogP contribution is -2.25. The molecular weight excluding hydrogens is 274 g/mol. The maximum atomic E-state index is 12.3. The number of aryl methyl sites for hydroxylation is 2. The highest BCUT2D eigenvalue weighted by atomic mass is 35.5. The maximum absolute atomic E-state index is 12.3. The molecule has 1 aromatic heterocycles. The van der Waals surface area contributed by atoms with Gasteiger partial charge in [-0.25, -0.2) is 0 Å². The predicted molar refractivity (Wildman–Crippen MR) is 81.5 cm³/mol. The fourth-order valence-corrected chi connectivity index (χ4v) is 2.52. The summed E-state index contributed by atoms with van der Waals surface area (Å²) in [6.45, 7) is 6.39. The lowest BCUT2D eigenvalue weighted by atomic mass is 10.0. The van der Waals surface area contributed by atoms with Crippen molar-refractivity contribution < 1.29 is 4.79 Å². The fourth-order valence-electron chi connectivity index (χ4n) is 2.38. The van der Waals surface area contributed by atoms with Crippen LogP contribution in [0, 0.1) is 13.8 Å². The molecule has 0 N–H and O–H groups in total. The van der Waals surface area contributed by atoms with Gasteiger partial charge in [-0.1, -0.05) is 23.8 Å². The van der Waals surface area contributed by atoms with Gasteiger partial charge < -0.3 is 4.57 Å². The predicted octanol–water partition coefficient (Wildman–Crippen LogP) is 3.53. The van der Waals surface area contributed by atoms with Crippen LogP contribution in [0.2, 0.25) is 0 Å². The second-order valence-electron chi connectivity index (χ2n) is 4.77. The molecule has 0 radical (unpaired) electrons. The van der Waals surface area contributed by atoms with Gasteiger partial charge in [0.15, 0.2) is 0 Å². The zero-order valence-corrected chi connectivity index (χ0v) is 12.5. The molecule has 0 saturated carbocycles. The minimum Gasteiger partial charge on any atom is -0.308 e. The van der Waals surface area contributed by atoms with Crippen molar-refractivity contribution in [2.75, 3.05) is 0 Å². The Labute approximate surface area is 122 Å². The van der Waals surface area contributed by atoms with Gasteiger partial charge in [0.2, 0.25) is 0 Å². The van der Waals surface area contributed by atoms with Crippen LogP contribution in [-0.2, 0) is 6.54 Å². The number of carbonyl (C=O) groups is 1. The second kappa shape index (κ2) is 5.63. The zero-order chi connectivity index (χ0) is 14.9. The van der Waals surface area contributed by atoms with Gasteiger partial charge in [-0.3, -0.25) is 9.59 Å². The summed E-state index contributed by atoms with van der Waals surface area (Å²) in [7, 11) is 0. The number of hydrogen-bond donors (Lipinski definition) is 0. The number of benzene rings is 1. The van der Waals surface area contributed by atoms with Gasteiger partial charge in [-0.2, -0.15) is 0 Å². The molecule has 20 heavy (non-hydrogen) atoms. The largest absolute Gasteiger partial charge is 0.308 e. The van der Waals surface area contributed by atoms with Crippen LogP contribution >= 0.6 is 11.6 Å². The zero-order valence-electron chi connectivity index (χ0n) is 11.7. The standard InChI is InChI=1S/C16H16ClNO2/c1-4-18-14(8-7-13(15(17)19)16(18)20)12-6-5-10(2)9-11(12)3/h5-9H,4H2,1-3H3. The molecule has 0 aliphatic carbocycles. The summed E-state index contributed by atoms with van der Waals surface area (Å²) in [6, 6.07) is 9.35. The summed E-state index contributed by atoms with van der Waals surface area (Å²) in [4.78, 5) is 23.5. The van der Waals surface area contributed by atoms with Crippen LogP contribution in [0.25, 0.3) is 11.3 Å². The van der Waals surface area contributed by atoms with Crippen molar-refractivity contribution >= 4 is 16.8 Å². The van der Waals surface area contributed by atoms with Crippen LogP contribution in [0.3, 0.4) is 0 Å². The monoisotopic (exact) mass is 289 g/mol. The maximum Gasteiger partial charge on any atom is 0.263 e. The van der Waals surface area contributed by atoms with Gasteiger partial charge in [0.05, 0.1) is 11.3 Å². The molecular formula is C16H16ClNO2. The molecule has 0 amide bonds. The van der Waals surface area contributed by atoms with E-state index in [9.17, 15) is 9.59 Å². The van der Waals surface area contributed by atoms with E-state index in [1.165, 1.54) is 11.6 Å². The van der Waals surface area contributed by atoms with E-state index < -0.39 is 5.24 Å². The molecule has 2 rings (SSSR count). The lowest BCUT2D eigenvalue weighted by molar-refractivity contribution is 0.107. The normalized spacial score (nSPS) is 10.6. The highest BCUT2D eigenvalue weighted by molar-refractivity contribution is 6.67. The van der Waals surface area contributed by atoms with Gasteiger partial charge in [0, 0.05) is 12.1 Å². The van der Waals surface area contributed by atoms with Gasteiger partial charge in [-0.15, -0.1) is 0 Å². The van der Waals surface area contributed by atoms with Gasteiger partial charge in [0.1, 0.15) is 0 Å². The number of hydrogen-bond acceptors (Lipinski definition) is 2. The molecule has 4 heteroatoms. The van der Waals surface area contributed by atoms with Crippen molar-refractivity contribution in [3.63, 3.8) is 0 Å². The molecule has 104 valence electrons. The number of pyridine rings is 1. The molecule has 0 spiro atoms. The van der Waals surface area contributed by atoms with Crippen molar-refractivity contribution in [3.8, 4) is 11.3 Å². The summed E-state index contributed by atoms with van der Waals surface area (Å²) in [5, 5.41) is -0.718. The van der Waals surface area contributed by atoms with E-state index in [0.717, 1.165) is 16.8 Å². The lowest BCUT2D eigenvalue weighted by Gasteiger charge is -2.14. The van der Waals surface area contributed by atoms with Crippen LogP contribution < -0.4 is 5.56 Å². The molecule has 0 fully saturated rings. The first-order valence-corrected chi connectivity index (χ1v) is 6.84. The van der Waals surface area contributed by atoms with Crippen LogP contribution in [0.1, 0.15) is 28.4 Å². The first kappa shape index (κ1) is 14.5. The number of aromatic nitrogens is 1. The van der Waals surface area contributed by atoms with Crippen LogP contribution in [0.15, 0.2) is 35.1 Å². The van der Waals surface area contributed by atoms with Gasteiger partial charge in [-0.05, 0) is 50.1 Å². The molecule has 0 saturated heterocycles. The number of rotatable bonds is 3. The Kier molecular flexibility index (Phi) is 4.09. The van der Waals surface area contributed by atoms with E-state index >= 15 is 0 Å². The Morgan fingerprint density at radius 1 is 1.20 bits per heavy atom. The van der Waals surface area contributed by atoms with Crippen molar-refractivity contribution in [2.45, 2.75) is 27.3 Å². The van der Waals surface area contributed by atoms with E-state index in [2.05, 4.69) is 6.07 Å². The van der Waals surface area contributed by atoms with Crippen LogP contribution in [0.4, 0.5) is 0 Å². The van der Waals surface area contributed by atoms with E-state index in [1.807, 2.05) is 32.9 Å². The molecule has 2 aromatic rings. The summed E-state index contributed by atoms with van der Waals surface area (Å²) in [6.07, 6.45) is 0. The molecule has 0 atom stereocenters. The fraction of sp³-hybridized carbons (Fsp3) is 0.250. The van der Waals surface area contributed by atoms with Crippen molar-refractivity contribution in [3.05, 3.63) is 57.4 Å². The highest BCUT2D eigenvalue weighted by Gasteiger charge is 2.14. The highest BCUT2D eigenvalue weighted by Crippen LogP contribution is 2.23. The minimum absolute atomic E-state index is 0.0158. The molecule has 0 aliphatic heterocycles. The Balaban J connectivity index is 2.72. The summed E-state index contributed by atoms with van der Waals surface area (Å²) in [5.41, 5.74) is 3.73. The Hall–Kier alpha value is -1.87. The van der Waals surface area contributed by atoms with E-state index in [1.54, 1.807) is 10.6 Å². The topological polar surface area (TPSA) is 39.1 Å². The first-order chi connectivity index (χ1) is 9.45. The molecule has 1 heterocycles. The van der Waals surface area contributed by atoms with Crippen molar-refractivity contribution in [1.29, 1.82) is 0 Å². The van der Waals surface area contributed by atoms with Crippen molar-refractivity contribution in [1.82, 2.24) is 4.57 Å². The first-order valence-electron chi connectivity index (χ1n) is 6.47. The smallest absolute Gasteiger partial charge is 0.263 e. The van der Waals surface area contributed by atoms with Gasteiger partial charge >= 0.3 is 0 Å².